The van der Waals surface area contributed by atoms with Gasteiger partial charge in [-0.05, 0) is 69.2 Å². The van der Waals surface area contributed by atoms with Crippen molar-refractivity contribution in [3.05, 3.63) is 51.5 Å². The highest BCUT2D eigenvalue weighted by Gasteiger charge is 2.28. The molecule has 178 valence electrons. The molecule has 0 radical (unpaired) electrons. The number of phenols is 1. The number of carbonyl (C=O) groups is 2. The maximum atomic E-state index is 13.2. The van der Waals surface area contributed by atoms with Crippen LogP contribution in [0.3, 0.4) is 0 Å². The number of fused-ring (bicyclic) bond motifs is 1. The zero-order valence-corrected chi connectivity index (χ0v) is 19.9. The number of hydrogen-bond donors (Lipinski definition) is 4. The minimum absolute atomic E-state index is 0.0536. The Kier molecular flexibility index (Phi) is 6.38. The number of aromatic hydroxyl groups is 1. The lowest BCUT2D eigenvalue weighted by Gasteiger charge is -2.15. The summed E-state index contributed by atoms with van der Waals surface area (Å²) >= 11 is 1.48. The number of benzene rings is 1. The van der Waals surface area contributed by atoms with Gasteiger partial charge in [-0.25, -0.2) is 0 Å². The summed E-state index contributed by atoms with van der Waals surface area (Å²) in [4.78, 5) is 27.4. The number of nitrogens with one attached hydrogen (secondary N) is 3. The van der Waals surface area contributed by atoms with E-state index in [1.54, 1.807) is 12.1 Å². The summed E-state index contributed by atoms with van der Waals surface area (Å²) in [5.74, 6) is -0.446. The lowest BCUT2D eigenvalue weighted by Crippen LogP contribution is -2.32. The van der Waals surface area contributed by atoms with Gasteiger partial charge in [-0.2, -0.15) is 5.10 Å². The minimum atomic E-state index is -0.377. The Morgan fingerprint density at radius 3 is 2.88 bits per heavy atom. The van der Waals surface area contributed by atoms with Crippen LogP contribution in [0.25, 0.3) is 11.3 Å². The molecule has 34 heavy (non-hydrogen) atoms. The first-order chi connectivity index (χ1) is 16.5. The molecule has 1 saturated heterocycles. The molecule has 9 heteroatoms. The van der Waals surface area contributed by atoms with Crippen molar-refractivity contribution in [2.75, 3.05) is 18.5 Å². The standard InChI is InChI=1S/C25H28N4O4S/c1-14-8-9-20(30)17(11-14)18-12-19(29-28-18)23(31)27-25-22(16-6-2-3-7-21(16)34-25)24(32)26-13-15-5-4-10-33-15/h8-9,11-12,15,30H,2-7,10,13H2,1H3,(H,26,32)(H,27,31)(H,28,29). The van der Waals surface area contributed by atoms with Gasteiger partial charge in [-0.1, -0.05) is 11.6 Å². The normalized spacial score (nSPS) is 17.4. The smallest absolute Gasteiger partial charge is 0.274 e. The highest BCUT2D eigenvalue weighted by Crippen LogP contribution is 2.38. The molecule has 2 aromatic heterocycles. The molecule has 2 amide bonds. The largest absolute Gasteiger partial charge is 0.507 e. The molecule has 3 heterocycles. The summed E-state index contributed by atoms with van der Waals surface area (Å²) in [6.45, 7) is 3.14. The number of phenolic OH excluding ortho intramolecular Hbond substituents is 1. The summed E-state index contributed by atoms with van der Waals surface area (Å²) in [5.41, 5.74) is 3.88. The summed E-state index contributed by atoms with van der Waals surface area (Å²) in [6.07, 6.45) is 5.90. The zero-order chi connectivity index (χ0) is 23.7. The minimum Gasteiger partial charge on any atom is -0.507 e. The van der Waals surface area contributed by atoms with Crippen molar-refractivity contribution in [2.45, 2.75) is 51.6 Å². The van der Waals surface area contributed by atoms with Gasteiger partial charge in [0.25, 0.3) is 11.8 Å². The van der Waals surface area contributed by atoms with Crippen LogP contribution in [0.4, 0.5) is 5.00 Å². The zero-order valence-electron chi connectivity index (χ0n) is 19.1. The van der Waals surface area contributed by atoms with E-state index in [-0.39, 0.29) is 29.4 Å². The predicted molar refractivity (Wildman–Crippen MR) is 131 cm³/mol. The fourth-order valence-electron chi connectivity index (χ4n) is 4.60. The number of amides is 2. The SMILES string of the molecule is Cc1ccc(O)c(-c2cc(C(=O)Nc3sc4c(c3C(=O)NCC3CCCO3)CCCC4)[nH]n2)c1. The molecule has 2 aliphatic rings. The van der Waals surface area contributed by atoms with Crippen molar-refractivity contribution in [3.63, 3.8) is 0 Å². The number of aryl methyl sites for hydroxylation is 2. The third-order valence-corrected chi connectivity index (χ3v) is 7.60. The van der Waals surface area contributed by atoms with E-state index in [0.29, 0.717) is 28.4 Å². The van der Waals surface area contributed by atoms with E-state index in [9.17, 15) is 14.7 Å². The van der Waals surface area contributed by atoms with Crippen LogP contribution in [0.5, 0.6) is 5.75 Å². The topological polar surface area (TPSA) is 116 Å². The van der Waals surface area contributed by atoms with Crippen molar-refractivity contribution < 1.29 is 19.4 Å². The molecule has 3 aromatic rings. The van der Waals surface area contributed by atoms with Crippen LogP contribution >= 0.6 is 11.3 Å². The average molecular weight is 481 g/mol. The van der Waals surface area contributed by atoms with E-state index in [0.717, 1.165) is 56.3 Å². The van der Waals surface area contributed by atoms with Gasteiger partial charge in [-0.15, -0.1) is 11.3 Å². The van der Waals surface area contributed by atoms with Gasteiger partial charge in [0, 0.05) is 23.6 Å². The van der Waals surface area contributed by atoms with Crippen LogP contribution in [-0.2, 0) is 17.6 Å². The highest BCUT2D eigenvalue weighted by atomic mass is 32.1. The first-order valence-electron chi connectivity index (χ1n) is 11.7. The molecule has 1 aromatic carbocycles. The molecule has 1 aliphatic heterocycles. The number of carbonyl (C=O) groups excluding carboxylic acids is 2. The maximum Gasteiger partial charge on any atom is 0.274 e. The lowest BCUT2D eigenvalue weighted by molar-refractivity contribution is 0.0858. The maximum absolute atomic E-state index is 13.2. The molecular formula is C25H28N4O4S. The lowest BCUT2D eigenvalue weighted by atomic mass is 9.95. The van der Waals surface area contributed by atoms with Crippen LogP contribution in [0, 0.1) is 6.92 Å². The molecule has 0 bridgehead atoms. The molecule has 8 nitrogen and oxygen atoms in total. The van der Waals surface area contributed by atoms with Gasteiger partial charge < -0.3 is 20.5 Å². The van der Waals surface area contributed by atoms with E-state index >= 15 is 0 Å². The van der Waals surface area contributed by atoms with E-state index in [1.807, 2.05) is 19.1 Å². The molecule has 1 atom stereocenters. The Labute approximate surface area is 201 Å². The monoisotopic (exact) mass is 480 g/mol. The number of H-pyrrole nitrogens is 1. The highest BCUT2D eigenvalue weighted by molar-refractivity contribution is 7.17. The van der Waals surface area contributed by atoms with E-state index in [1.165, 1.54) is 16.2 Å². The van der Waals surface area contributed by atoms with Gasteiger partial charge in [0.15, 0.2) is 0 Å². The molecule has 1 aliphatic carbocycles. The van der Waals surface area contributed by atoms with Crippen LogP contribution in [0.15, 0.2) is 24.3 Å². The summed E-state index contributed by atoms with van der Waals surface area (Å²) < 4.78 is 5.63. The van der Waals surface area contributed by atoms with Gasteiger partial charge in [0.1, 0.15) is 16.4 Å². The van der Waals surface area contributed by atoms with Crippen LogP contribution in [0.2, 0.25) is 0 Å². The second-order valence-corrected chi connectivity index (χ2v) is 10.0. The number of rotatable bonds is 6. The molecular weight excluding hydrogens is 452 g/mol. The molecule has 1 unspecified atom stereocenters. The van der Waals surface area contributed by atoms with E-state index in [4.69, 9.17) is 4.74 Å². The number of nitrogens with zero attached hydrogens (tertiary/aromatic N) is 1. The number of hydrogen-bond acceptors (Lipinski definition) is 6. The predicted octanol–water partition coefficient (Wildman–Crippen LogP) is 4.19. The van der Waals surface area contributed by atoms with Crippen molar-refractivity contribution in [3.8, 4) is 17.0 Å². The molecule has 5 rings (SSSR count). The Morgan fingerprint density at radius 1 is 1.21 bits per heavy atom. The van der Waals surface area contributed by atoms with E-state index < -0.39 is 0 Å². The molecule has 0 spiro atoms. The Balaban J connectivity index is 1.37. The molecule has 0 saturated carbocycles. The van der Waals surface area contributed by atoms with Gasteiger partial charge in [-0.3, -0.25) is 14.7 Å². The Morgan fingerprint density at radius 2 is 2.06 bits per heavy atom. The number of thiophene rings is 1. The van der Waals surface area contributed by atoms with Crippen molar-refractivity contribution >= 4 is 28.2 Å². The number of ether oxygens (including phenoxy) is 1. The third-order valence-electron chi connectivity index (χ3n) is 6.39. The van der Waals surface area contributed by atoms with Crippen molar-refractivity contribution in [1.82, 2.24) is 15.5 Å². The summed E-state index contributed by atoms with van der Waals surface area (Å²) in [7, 11) is 0. The molecule has 4 N–H and O–H groups in total. The first kappa shape index (κ1) is 22.6. The second kappa shape index (κ2) is 9.60. The Bertz CT molecular complexity index is 1230. The fraction of sp³-hybridized carbons (Fsp3) is 0.400. The second-order valence-electron chi connectivity index (χ2n) is 8.90. The first-order valence-corrected chi connectivity index (χ1v) is 12.5. The summed E-state index contributed by atoms with van der Waals surface area (Å²) in [5, 5.41) is 23.7. The fourth-order valence-corrected chi connectivity index (χ4v) is 5.88. The van der Waals surface area contributed by atoms with Crippen molar-refractivity contribution in [1.29, 1.82) is 0 Å². The van der Waals surface area contributed by atoms with Crippen molar-refractivity contribution in [2.24, 2.45) is 0 Å². The van der Waals surface area contributed by atoms with Gasteiger partial charge in [0.05, 0.1) is 17.4 Å². The van der Waals surface area contributed by atoms with Crippen LogP contribution in [0.1, 0.15) is 62.5 Å². The van der Waals surface area contributed by atoms with Crippen LogP contribution < -0.4 is 10.6 Å². The average Bonchev–Trinajstić information content (AvgIpc) is 3.58. The quantitative estimate of drug-likeness (QED) is 0.422. The summed E-state index contributed by atoms with van der Waals surface area (Å²) in [6, 6.07) is 6.84. The molecule has 1 fully saturated rings. The van der Waals surface area contributed by atoms with E-state index in [2.05, 4.69) is 20.8 Å². The van der Waals surface area contributed by atoms with Gasteiger partial charge in [0.2, 0.25) is 0 Å². The number of aromatic amines is 1. The third kappa shape index (κ3) is 4.58. The Hall–Kier alpha value is -3.17. The number of anilines is 1. The van der Waals surface area contributed by atoms with Crippen LogP contribution in [-0.4, -0.2) is 46.4 Å². The number of aromatic nitrogens is 2. The van der Waals surface area contributed by atoms with Gasteiger partial charge >= 0.3 is 0 Å².